The molecule has 0 atom stereocenters. The summed E-state index contributed by atoms with van der Waals surface area (Å²) in [6, 6.07) is 9.71. The molecule has 0 spiro atoms. The van der Waals surface area contributed by atoms with Gasteiger partial charge in [0.1, 0.15) is 18.2 Å². The molecule has 0 amide bonds. The van der Waals surface area contributed by atoms with Crippen molar-refractivity contribution in [3.05, 3.63) is 62.9 Å². The van der Waals surface area contributed by atoms with E-state index in [1.165, 1.54) is 18.2 Å². The number of ether oxygens (including phenoxy) is 1. The molecule has 0 radical (unpaired) electrons. The lowest BCUT2D eigenvalue weighted by atomic mass is 10.1. The minimum atomic E-state index is -0.422. The predicted octanol–water partition coefficient (Wildman–Crippen LogP) is 3.84. The molecule has 0 aliphatic heterocycles. The van der Waals surface area contributed by atoms with E-state index in [-0.39, 0.29) is 13.2 Å². The normalized spacial score (nSPS) is 10.2. The molecule has 0 aliphatic rings. The second-order valence-electron chi connectivity index (χ2n) is 4.58. The Morgan fingerprint density at radius 2 is 2.05 bits per heavy atom. The summed E-state index contributed by atoms with van der Waals surface area (Å²) in [5.41, 5.74) is 2.15. The van der Waals surface area contributed by atoms with Crippen LogP contribution in [0.4, 0.5) is 4.39 Å². The molecule has 0 heterocycles. The minimum Gasteiger partial charge on any atom is -0.488 e. The van der Waals surface area contributed by atoms with Gasteiger partial charge in [-0.25, -0.2) is 4.39 Å². The Morgan fingerprint density at radius 1 is 1.29 bits per heavy atom. The highest BCUT2D eigenvalue weighted by atomic mass is 79.9. The van der Waals surface area contributed by atoms with Gasteiger partial charge in [0.2, 0.25) is 0 Å². The number of aliphatic hydroxyl groups excluding tert-OH is 1. The third-order valence-corrected chi connectivity index (χ3v) is 3.49. The lowest BCUT2D eigenvalue weighted by Crippen LogP contribution is -2.03. The molecule has 2 aromatic carbocycles. The van der Waals surface area contributed by atoms with Gasteiger partial charge in [-0.15, -0.1) is 0 Å². The number of halogens is 2. The molecule has 5 heteroatoms. The molecule has 21 heavy (non-hydrogen) atoms. The number of nitrogens with zero attached hydrogens (tertiary/aromatic N) is 1. The van der Waals surface area contributed by atoms with Crippen molar-refractivity contribution in [3.63, 3.8) is 0 Å². The smallest absolute Gasteiger partial charge is 0.129 e. The predicted molar refractivity (Wildman–Crippen MR) is 80.2 cm³/mol. The van der Waals surface area contributed by atoms with E-state index in [1.807, 2.05) is 19.1 Å². The van der Waals surface area contributed by atoms with Crippen molar-refractivity contribution in [3.8, 4) is 11.8 Å². The average molecular weight is 350 g/mol. The zero-order chi connectivity index (χ0) is 15.4. The van der Waals surface area contributed by atoms with Gasteiger partial charge in [0, 0.05) is 15.6 Å². The molecule has 0 saturated heterocycles. The summed E-state index contributed by atoms with van der Waals surface area (Å²) in [5.74, 6) is 0.108. The molecule has 0 aromatic heterocycles. The lowest BCUT2D eigenvalue weighted by molar-refractivity contribution is 0.256. The molecule has 0 saturated carbocycles. The van der Waals surface area contributed by atoms with Crippen molar-refractivity contribution in [1.82, 2.24) is 0 Å². The molecule has 3 nitrogen and oxygen atoms in total. The third-order valence-electron chi connectivity index (χ3n) is 3.03. The summed E-state index contributed by atoms with van der Waals surface area (Å²) in [6.45, 7) is 1.68. The van der Waals surface area contributed by atoms with Gasteiger partial charge in [-0.1, -0.05) is 15.9 Å². The Balaban J connectivity index is 2.27. The van der Waals surface area contributed by atoms with Crippen molar-refractivity contribution in [2.75, 3.05) is 0 Å². The standard InChI is InChI=1S/C16H13BrFNO2/c1-10-4-14(17)6-12(8-20)16(10)21-9-13-5-11(7-19)2-3-15(13)18/h2-6,20H,8-9H2,1H3. The van der Waals surface area contributed by atoms with Gasteiger partial charge in [0.05, 0.1) is 18.2 Å². The van der Waals surface area contributed by atoms with E-state index in [4.69, 9.17) is 10.00 Å². The summed E-state index contributed by atoms with van der Waals surface area (Å²) in [6.07, 6.45) is 0. The topological polar surface area (TPSA) is 53.2 Å². The van der Waals surface area contributed by atoms with Crippen molar-refractivity contribution in [2.45, 2.75) is 20.1 Å². The maximum Gasteiger partial charge on any atom is 0.129 e. The Kier molecular flexibility index (Phi) is 4.94. The van der Waals surface area contributed by atoms with Gasteiger partial charge < -0.3 is 9.84 Å². The summed E-state index contributed by atoms with van der Waals surface area (Å²) >= 11 is 3.35. The van der Waals surface area contributed by atoms with E-state index in [1.54, 1.807) is 6.07 Å². The van der Waals surface area contributed by atoms with Crippen LogP contribution in [0.15, 0.2) is 34.8 Å². The first-order valence-corrected chi connectivity index (χ1v) is 7.05. The molecule has 0 fully saturated rings. The van der Waals surface area contributed by atoms with Gasteiger partial charge in [0.25, 0.3) is 0 Å². The first-order valence-electron chi connectivity index (χ1n) is 6.26. The molecule has 0 unspecified atom stereocenters. The van der Waals surface area contributed by atoms with Crippen LogP contribution in [0.5, 0.6) is 5.75 Å². The van der Waals surface area contributed by atoms with E-state index in [0.29, 0.717) is 22.4 Å². The van der Waals surface area contributed by atoms with Crippen molar-refractivity contribution in [1.29, 1.82) is 5.26 Å². The highest BCUT2D eigenvalue weighted by Crippen LogP contribution is 2.29. The molecule has 2 aromatic rings. The summed E-state index contributed by atoms with van der Waals surface area (Å²) in [5, 5.41) is 18.2. The summed E-state index contributed by atoms with van der Waals surface area (Å²) in [4.78, 5) is 0. The second-order valence-corrected chi connectivity index (χ2v) is 5.49. The highest BCUT2D eigenvalue weighted by molar-refractivity contribution is 9.10. The molecular formula is C16H13BrFNO2. The summed E-state index contributed by atoms with van der Waals surface area (Å²) in [7, 11) is 0. The van der Waals surface area contributed by atoms with Crippen LogP contribution in [0.1, 0.15) is 22.3 Å². The van der Waals surface area contributed by atoms with Crippen LogP contribution in [0.25, 0.3) is 0 Å². The Hall–Kier alpha value is -1.90. The first kappa shape index (κ1) is 15.5. The third kappa shape index (κ3) is 3.60. The van der Waals surface area contributed by atoms with E-state index in [9.17, 15) is 9.50 Å². The van der Waals surface area contributed by atoms with Crippen LogP contribution in [-0.2, 0) is 13.2 Å². The van der Waals surface area contributed by atoms with Crippen LogP contribution < -0.4 is 4.74 Å². The fraction of sp³-hybridized carbons (Fsp3) is 0.188. The first-order chi connectivity index (χ1) is 10.0. The Bertz CT molecular complexity index is 710. The largest absolute Gasteiger partial charge is 0.488 e. The second kappa shape index (κ2) is 6.70. The molecule has 108 valence electrons. The van der Waals surface area contributed by atoms with Crippen LogP contribution >= 0.6 is 15.9 Å². The van der Waals surface area contributed by atoms with Crippen molar-refractivity contribution < 1.29 is 14.2 Å². The number of aryl methyl sites for hydroxylation is 1. The maximum absolute atomic E-state index is 13.7. The fourth-order valence-electron chi connectivity index (χ4n) is 2.03. The molecule has 0 bridgehead atoms. The van der Waals surface area contributed by atoms with E-state index in [0.717, 1.165) is 10.0 Å². The zero-order valence-electron chi connectivity index (χ0n) is 11.4. The molecule has 2 rings (SSSR count). The van der Waals surface area contributed by atoms with Crippen LogP contribution in [0, 0.1) is 24.1 Å². The van der Waals surface area contributed by atoms with Crippen molar-refractivity contribution in [2.24, 2.45) is 0 Å². The lowest BCUT2D eigenvalue weighted by Gasteiger charge is -2.14. The quantitative estimate of drug-likeness (QED) is 0.912. The van der Waals surface area contributed by atoms with E-state index in [2.05, 4.69) is 15.9 Å². The van der Waals surface area contributed by atoms with Gasteiger partial charge >= 0.3 is 0 Å². The van der Waals surface area contributed by atoms with Crippen LogP contribution in [0.3, 0.4) is 0 Å². The number of hydrogen-bond donors (Lipinski definition) is 1. The Labute approximate surface area is 130 Å². The minimum absolute atomic E-state index is 0.00315. The number of hydrogen-bond acceptors (Lipinski definition) is 3. The average Bonchev–Trinajstić information content (AvgIpc) is 2.47. The number of rotatable bonds is 4. The van der Waals surface area contributed by atoms with Gasteiger partial charge in [-0.2, -0.15) is 5.26 Å². The Morgan fingerprint density at radius 3 is 2.71 bits per heavy atom. The monoisotopic (exact) mass is 349 g/mol. The van der Waals surface area contributed by atoms with Gasteiger partial charge in [-0.05, 0) is 42.8 Å². The zero-order valence-corrected chi connectivity index (χ0v) is 12.9. The maximum atomic E-state index is 13.7. The van der Waals surface area contributed by atoms with E-state index >= 15 is 0 Å². The van der Waals surface area contributed by atoms with Crippen molar-refractivity contribution >= 4 is 15.9 Å². The van der Waals surface area contributed by atoms with Gasteiger partial charge in [0.15, 0.2) is 0 Å². The summed E-state index contributed by atoms with van der Waals surface area (Å²) < 4.78 is 20.2. The molecule has 0 aliphatic carbocycles. The molecule has 1 N–H and O–H groups in total. The van der Waals surface area contributed by atoms with Gasteiger partial charge in [-0.3, -0.25) is 0 Å². The number of aliphatic hydroxyl groups is 1. The van der Waals surface area contributed by atoms with Crippen LogP contribution in [-0.4, -0.2) is 5.11 Å². The van der Waals surface area contributed by atoms with Crippen LogP contribution in [0.2, 0.25) is 0 Å². The number of benzene rings is 2. The highest BCUT2D eigenvalue weighted by Gasteiger charge is 2.11. The number of nitriles is 1. The molecular weight excluding hydrogens is 337 g/mol. The SMILES string of the molecule is Cc1cc(Br)cc(CO)c1OCc1cc(C#N)ccc1F. The van der Waals surface area contributed by atoms with E-state index < -0.39 is 5.82 Å². The fourth-order valence-corrected chi connectivity index (χ4v) is 2.65.